The summed E-state index contributed by atoms with van der Waals surface area (Å²) in [5, 5.41) is 9.11. The maximum absolute atomic E-state index is 12.3. The van der Waals surface area contributed by atoms with Crippen molar-refractivity contribution >= 4 is 28.7 Å². The van der Waals surface area contributed by atoms with Gasteiger partial charge in [0.25, 0.3) is 0 Å². The van der Waals surface area contributed by atoms with Crippen LogP contribution in [0.4, 0.5) is 14.7 Å². The highest BCUT2D eigenvalue weighted by molar-refractivity contribution is 7.09. The molecule has 2 aliphatic heterocycles. The van der Waals surface area contributed by atoms with Gasteiger partial charge >= 0.3 is 12.1 Å². The molecule has 0 radical (unpaired) electrons. The summed E-state index contributed by atoms with van der Waals surface area (Å²) >= 11 is 1.20. The molecule has 1 spiro atoms. The Kier molecular flexibility index (Phi) is 3.91. The molecule has 0 bridgehead atoms. The molecule has 0 saturated carbocycles. The van der Waals surface area contributed by atoms with Crippen molar-refractivity contribution in [2.75, 3.05) is 25.0 Å². The zero-order chi connectivity index (χ0) is 16.7. The quantitative estimate of drug-likeness (QED) is 0.723. The zero-order valence-corrected chi connectivity index (χ0v) is 14.4. The van der Waals surface area contributed by atoms with Crippen molar-refractivity contribution in [1.29, 1.82) is 0 Å². The average Bonchev–Trinajstić information content (AvgIpc) is 3.07. The Bertz CT molecular complexity index is 615. The van der Waals surface area contributed by atoms with Crippen LogP contribution < -0.4 is 16.0 Å². The minimum Gasteiger partial charge on any atom is -0.336 e. The Morgan fingerprint density at radius 2 is 2.04 bits per heavy atom. The van der Waals surface area contributed by atoms with E-state index in [0.29, 0.717) is 24.8 Å². The van der Waals surface area contributed by atoms with Crippen molar-refractivity contribution in [2.45, 2.75) is 44.6 Å². The van der Waals surface area contributed by atoms with Gasteiger partial charge in [0.05, 0.1) is 5.54 Å². The normalized spacial score (nSPS) is 20.3. The maximum atomic E-state index is 12.3. The fraction of sp³-hybridized carbons (Fsp3) is 0.714. The van der Waals surface area contributed by atoms with Gasteiger partial charge in [0.2, 0.25) is 5.13 Å². The molecule has 1 aromatic rings. The number of carbonyl (C=O) groups excluding carboxylic acids is 2. The van der Waals surface area contributed by atoms with Crippen LogP contribution in [0.5, 0.6) is 0 Å². The first-order valence-electron chi connectivity index (χ1n) is 7.74. The number of carbonyl (C=O) groups is 2. The summed E-state index contributed by atoms with van der Waals surface area (Å²) in [6, 6.07) is -0.278. The Morgan fingerprint density at radius 3 is 2.57 bits per heavy atom. The van der Waals surface area contributed by atoms with Crippen molar-refractivity contribution in [1.82, 2.24) is 24.9 Å². The molecule has 3 heterocycles. The molecular weight excluding hydrogens is 316 g/mol. The Balaban J connectivity index is 1.56. The number of amides is 4. The van der Waals surface area contributed by atoms with Crippen LogP contribution in [0.1, 0.15) is 39.4 Å². The third kappa shape index (κ3) is 3.39. The lowest BCUT2D eigenvalue weighted by Crippen LogP contribution is -2.54. The molecule has 3 N–H and O–H groups in total. The second-order valence-corrected chi connectivity index (χ2v) is 7.93. The van der Waals surface area contributed by atoms with Crippen LogP contribution in [0.25, 0.3) is 0 Å². The van der Waals surface area contributed by atoms with Crippen molar-refractivity contribution in [2.24, 2.45) is 0 Å². The van der Waals surface area contributed by atoms with Gasteiger partial charge < -0.3 is 15.5 Å². The van der Waals surface area contributed by atoms with Crippen molar-refractivity contribution < 1.29 is 9.59 Å². The summed E-state index contributed by atoms with van der Waals surface area (Å²) in [5.74, 6) is 0.732. The molecular formula is C14H22N6O2S. The number of nitrogens with one attached hydrogen (secondary N) is 3. The van der Waals surface area contributed by atoms with Crippen molar-refractivity contribution in [3.63, 3.8) is 0 Å². The summed E-state index contributed by atoms with van der Waals surface area (Å²) in [5.41, 5.74) is -0.333. The van der Waals surface area contributed by atoms with E-state index in [1.807, 2.05) is 20.8 Å². The van der Waals surface area contributed by atoms with Gasteiger partial charge in [-0.25, -0.2) is 14.6 Å². The summed E-state index contributed by atoms with van der Waals surface area (Å²) in [7, 11) is 0. The van der Waals surface area contributed by atoms with Crippen LogP contribution in [0.3, 0.4) is 0 Å². The van der Waals surface area contributed by atoms with Gasteiger partial charge in [-0.05, 0) is 12.8 Å². The fourth-order valence-electron chi connectivity index (χ4n) is 2.77. The highest BCUT2D eigenvalue weighted by Crippen LogP contribution is 2.26. The highest BCUT2D eigenvalue weighted by Gasteiger charge is 2.41. The molecule has 3 rings (SSSR count). The summed E-state index contributed by atoms with van der Waals surface area (Å²) < 4.78 is 4.29. The number of likely N-dealkylation sites (tertiary alicyclic amines) is 1. The average molecular weight is 338 g/mol. The van der Waals surface area contributed by atoms with Crippen LogP contribution in [0.2, 0.25) is 0 Å². The zero-order valence-electron chi connectivity index (χ0n) is 13.6. The monoisotopic (exact) mass is 338 g/mol. The standard InChI is InChI=1S/C14H22N6O2S/c1-13(2,3)9-16-11(23-19-9)17-12(22)20-6-4-14(5-7-20)8-15-10(21)18-14/h4-8H2,1-3H3,(H2,15,18,21)(H,16,17,19,22). The van der Waals surface area contributed by atoms with E-state index in [2.05, 4.69) is 25.3 Å². The lowest BCUT2D eigenvalue weighted by atomic mass is 9.89. The molecule has 0 aliphatic carbocycles. The summed E-state index contributed by atoms with van der Waals surface area (Å²) in [6.07, 6.45) is 1.51. The smallest absolute Gasteiger partial charge is 0.323 e. The summed E-state index contributed by atoms with van der Waals surface area (Å²) in [6.45, 7) is 7.96. The number of piperidine rings is 1. The number of nitrogens with zero attached hydrogens (tertiary/aromatic N) is 3. The molecule has 126 valence electrons. The van der Waals surface area contributed by atoms with Gasteiger partial charge in [-0.15, -0.1) is 0 Å². The lowest BCUT2D eigenvalue weighted by Gasteiger charge is -2.38. The minimum absolute atomic E-state index is 0.119. The number of anilines is 1. The minimum atomic E-state index is -0.198. The number of aromatic nitrogens is 2. The first kappa shape index (κ1) is 16.0. The van der Waals surface area contributed by atoms with Crippen molar-refractivity contribution in [3.8, 4) is 0 Å². The number of rotatable bonds is 1. The van der Waals surface area contributed by atoms with Gasteiger partial charge in [-0.1, -0.05) is 20.8 Å². The SMILES string of the molecule is CC(C)(C)c1nsc(NC(=O)N2CCC3(CC2)CNC(=O)N3)n1. The molecule has 8 nitrogen and oxygen atoms in total. The molecule has 23 heavy (non-hydrogen) atoms. The van der Waals surface area contributed by atoms with Gasteiger partial charge in [0.1, 0.15) is 5.82 Å². The molecule has 1 aromatic heterocycles. The van der Waals surface area contributed by atoms with Crippen LogP contribution in [0.15, 0.2) is 0 Å². The van der Waals surface area contributed by atoms with Crippen LogP contribution in [-0.2, 0) is 5.41 Å². The number of hydrogen-bond acceptors (Lipinski definition) is 5. The first-order valence-corrected chi connectivity index (χ1v) is 8.51. The first-order chi connectivity index (χ1) is 10.8. The third-order valence-electron chi connectivity index (χ3n) is 4.28. The largest absolute Gasteiger partial charge is 0.336 e. The summed E-state index contributed by atoms with van der Waals surface area (Å²) in [4.78, 5) is 29.8. The van der Waals surface area contributed by atoms with E-state index in [1.54, 1.807) is 4.90 Å². The lowest BCUT2D eigenvalue weighted by molar-refractivity contribution is 0.166. The van der Waals surface area contributed by atoms with Crippen LogP contribution in [0, 0.1) is 0 Å². The highest BCUT2D eigenvalue weighted by atomic mass is 32.1. The molecule has 0 aromatic carbocycles. The van der Waals surface area contributed by atoms with Crippen LogP contribution in [-0.4, -0.2) is 51.5 Å². The molecule has 2 fully saturated rings. The van der Waals surface area contributed by atoms with E-state index in [9.17, 15) is 9.59 Å². The van der Waals surface area contributed by atoms with Gasteiger partial charge in [0.15, 0.2) is 0 Å². The van der Waals surface area contributed by atoms with Crippen LogP contribution >= 0.6 is 11.5 Å². The van der Waals surface area contributed by atoms with E-state index in [-0.39, 0.29) is 23.0 Å². The third-order valence-corrected chi connectivity index (χ3v) is 4.92. The number of hydrogen-bond donors (Lipinski definition) is 3. The molecule has 9 heteroatoms. The maximum Gasteiger partial charge on any atom is 0.323 e. The van der Waals surface area contributed by atoms with Gasteiger partial charge in [0, 0.05) is 36.6 Å². The molecule has 2 saturated heterocycles. The van der Waals surface area contributed by atoms with E-state index < -0.39 is 0 Å². The van der Waals surface area contributed by atoms with E-state index in [4.69, 9.17) is 0 Å². The second kappa shape index (κ2) is 5.63. The van der Waals surface area contributed by atoms with Gasteiger partial charge in [-0.3, -0.25) is 5.32 Å². The topological polar surface area (TPSA) is 99.3 Å². The Hall–Kier alpha value is -1.90. The molecule has 0 atom stereocenters. The van der Waals surface area contributed by atoms with E-state index >= 15 is 0 Å². The molecule has 4 amide bonds. The van der Waals surface area contributed by atoms with E-state index in [0.717, 1.165) is 18.7 Å². The van der Waals surface area contributed by atoms with Gasteiger partial charge in [-0.2, -0.15) is 4.37 Å². The van der Waals surface area contributed by atoms with E-state index in [1.165, 1.54) is 11.5 Å². The molecule has 2 aliphatic rings. The predicted octanol–water partition coefficient (Wildman–Crippen LogP) is 1.51. The van der Waals surface area contributed by atoms with Crippen molar-refractivity contribution in [3.05, 3.63) is 5.82 Å². The Morgan fingerprint density at radius 1 is 1.35 bits per heavy atom. The molecule has 0 unspecified atom stereocenters. The Labute approximate surface area is 139 Å². The second-order valence-electron chi connectivity index (χ2n) is 7.18. The number of urea groups is 2. The fourth-order valence-corrected chi connectivity index (χ4v) is 3.52. The predicted molar refractivity (Wildman–Crippen MR) is 87.7 cm³/mol.